The van der Waals surface area contributed by atoms with Crippen molar-refractivity contribution in [3.63, 3.8) is 0 Å². The molecule has 0 spiro atoms. The molecular weight excluding hydrogens is 242 g/mol. The van der Waals surface area contributed by atoms with Crippen LogP contribution in [0.2, 0.25) is 0 Å². The van der Waals surface area contributed by atoms with Crippen molar-refractivity contribution in [3.8, 4) is 0 Å². The maximum Gasteiger partial charge on any atom is 0.328 e. The molecule has 4 heteroatoms. The third kappa shape index (κ3) is 2.40. The predicted octanol–water partition coefficient (Wildman–Crippen LogP) is 1.96. The van der Waals surface area contributed by atoms with E-state index < -0.39 is 5.97 Å². The molecule has 4 rings (SSSR count). The molecular formula is C15H21NO3. The second kappa shape index (κ2) is 4.66. The first kappa shape index (κ1) is 12.7. The van der Waals surface area contributed by atoms with Crippen molar-refractivity contribution in [3.05, 3.63) is 11.6 Å². The van der Waals surface area contributed by atoms with Gasteiger partial charge in [-0.3, -0.25) is 4.79 Å². The molecule has 4 fully saturated rings. The van der Waals surface area contributed by atoms with E-state index in [2.05, 4.69) is 5.32 Å². The van der Waals surface area contributed by atoms with Crippen LogP contribution in [0.4, 0.5) is 0 Å². The monoisotopic (exact) mass is 263 g/mol. The van der Waals surface area contributed by atoms with E-state index in [-0.39, 0.29) is 11.9 Å². The van der Waals surface area contributed by atoms with E-state index in [1.165, 1.54) is 32.1 Å². The zero-order valence-corrected chi connectivity index (χ0v) is 11.3. The maximum absolute atomic E-state index is 12.0. The summed E-state index contributed by atoms with van der Waals surface area (Å²) < 4.78 is 0. The van der Waals surface area contributed by atoms with Gasteiger partial charge in [0.2, 0.25) is 5.91 Å². The molecule has 4 bridgehead atoms. The quantitative estimate of drug-likeness (QED) is 0.765. The van der Waals surface area contributed by atoms with Gasteiger partial charge in [0.25, 0.3) is 0 Å². The molecule has 0 saturated heterocycles. The minimum Gasteiger partial charge on any atom is -0.478 e. The number of aliphatic carboxylic acids is 1. The van der Waals surface area contributed by atoms with E-state index in [9.17, 15) is 9.59 Å². The zero-order chi connectivity index (χ0) is 13.6. The van der Waals surface area contributed by atoms with Gasteiger partial charge in [0.15, 0.2) is 0 Å². The van der Waals surface area contributed by atoms with Crippen molar-refractivity contribution < 1.29 is 14.7 Å². The van der Waals surface area contributed by atoms with Crippen LogP contribution in [-0.4, -0.2) is 23.0 Å². The first-order valence-electron chi connectivity index (χ1n) is 7.25. The van der Waals surface area contributed by atoms with E-state index in [0.29, 0.717) is 17.4 Å². The van der Waals surface area contributed by atoms with E-state index in [1.54, 1.807) is 6.92 Å². The third-order valence-electron chi connectivity index (χ3n) is 5.22. The lowest BCUT2D eigenvalue weighted by molar-refractivity contribution is -0.132. The number of carbonyl (C=O) groups excluding carboxylic acids is 1. The van der Waals surface area contributed by atoms with Crippen molar-refractivity contribution in [2.45, 2.75) is 45.1 Å². The van der Waals surface area contributed by atoms with Crippen LogP contribution in [0.15, 0.2) is 11.6 Å². The number of carbonyl (C=O) groups is 2. The summed E-state index contributed by atoms with van der Waals surface area (Å²) in [6.07, 6.45) is 7.38. The van der Waals surface area contributed by atoms with Crippen LogP contribution in [0, 0.1) is 23.7 Å². The Balaban J connectivity index is 1.67. The molecule has 4 nitrogen and oxygen atoms in total. The fraction of sp³-hybridized carbons (Fsp3) is 0.733. The van der Waals surface area contributed by atoms with Gasteiger partial charge in [0.05, 0.1) is 0 Å². The molecule has 0 aromatic rings. The predicted molar refractivity (Wildman–Crippen MR) is 70.4 cm³/mol. The van der Waals surface area contributed by atoms with Crippen LogP contribution < -0.4 is 5.32 Å². The Labute approximate surface area is 113 Å². The number of carboxylic acid groups (broad SMARTS) is 1. The van der Waals surface area contributed by atoms with E-state index in [4.69, 9.17) is 5.11 Å². The lowest BCUT2D eigenvalue weighted by Crippen LogP contribution is -2.56. The van der Waals surface area contributed by atoms with Gasteiger partial charge < -0.3 is 10.4 Å². The molecule has 0 aromatic heterocycles. The Bertz CT molecular complexity index is 413. The summed E-state index contributed by atoms with van der Waals surface area (Å²) in [5, 5.41) is 11.8. The molecule has 2 N–H and O–H groups in total. The molecule has 19 heavy (non-hydrogen) atoms. The Morgan fingerprint density at radius 2 is 1.58 bits per heavy atom. The summed E-state index contributed by atoms with van der Waals surface area (Å²) >= 11 is 0. The van der Waals surface area contributed by atoms with Crippen LogP contribution in [0.3, 0.4) is 0 Å². The highest BCUT2D eigenvalue weighted by atomic mass is 16.4. The molecule has 0 aliphatic heterocycles. The van der Waals surface area contributed by atoms with Gasteiger partial charge in [-0.15, -0.1) is 0 Å². The van der Waals surface area contributed by atoms with Crippen LogP contribution in [0.5, 0.6) is 0 Å². The molecule has 4 aliphatic rings. The maximum atomic E-state index is 12.0. The van der Waals surface area contributed by atoms with Crippen LogP contribution in [0.1, 0.15) is 39.0 Å². The molecule has 4 aliphatic carbocycles. The summed E-state index contributed by atoms with van der Waals surface area (Å²) in [4.78, 5) is 22.6. The number of rotatable bonds is 3. The Hall–Kier alpha value is -1.32. The minimum atomic E-state index is -1.06. The number of nitrogens with one attached hydrogen (secondary N) is 1. The second-order valence-electron chi connectivity index (χ2n) is 6.60. The van der Waals surface area contributed by atoms with Gasteiger partial charge in [0.1, 0.15) is 0 Å². The fourth-order valence-corrected chi connectivity index (χ4v) is 4.68. The zero-order valence-electron chi connectivity index (χ0n) is 11.3. The Kier molecular flexibility index (Phi) is 3.11. The van der Waals surface area contributed by atoms with E-state index in [0.717, 1.165) is 17.9 Å². The second-order valence-corrected chi connectivity index (χ2v) is 6.60. The third-order valence-corrected chi connectivity index (χ3v) is 5.22. The molecule has 0 aromatic carbocycles. The van der Waals surface area contributed by atoms with Gasteiger partial charge in [-0.25, -0.2) is 4.79 Å². The van der Waals surface area contributed by atoms with Crippen LogP contribution in [-0.2, 0) is 9.59 Å². The molecule has 4 saturated carbocycles. The average molecular weight is 263 g/mol. The summed E-state index contributed by atoms with van der Waals surface area (Å²) in [6, 6.07) is 0.275. The standard InChI is InChI=1S/C15H21NO3/c1-8(2-13(17)18)15(19)16-14-11-4-9-3-10(6-11)7-12(14)5-9/h2,9-12,14H,3-7H2,1H3,(H,16,19)(H,17,18)/b8-2+. The van der Waals surface area contributed by atoms with Gasteiger partial charge in [-0.05, 0) is 62.7 Å². The number of hydrogen-bond donors (Lipinski definition) is 2. The summed E-state index contributed by atoms with van der Waals surface area (Å²) in [5.74, 6) is 1.74. The molecule has 104 valence electrons. The SMILES string of the molecule is C/C(=C\C(=O)O)C(=O)NC1C2CC3CC(C2)CC1C3. The van der Waals surface area contributed by atoms with Gasteiger partial charge >= 0.3 is 5.97 Å². The Morgan fingerprint density at radius 1 is 1.05 bits per heavy atom. The van der Waals surface area contributed by atoms with Gasteiger partial charge in [-0.2, -0.15) is 0 Å². The molecule has 0 heterocycles. The molecule has 0 radical (unpaired) electrons. The van der Waals surface area contributed by atoms with Crippen molar-refractivity contribution in [1.29, 1.82) is 0 Å². The fourth-order valence-electron chi connectivity index (χ4n) is 4.68. The van der Waals surface area contributed by atoms with Crippen molar-refractivity contribution >= 4 is 11.9 Å². The number of carboxylic acids is 1. The average Bonchev–Trinajstić information content (AvgIpc) is 2.31. The topological polar surface area (TPSA) is 66.4 Å². The van der Waals surface area contributed by atoms with Crippen molar-refractivity contribution in [2.24, 2.45) is 23.7 Å². The lowest BCUT2D eigenvalue weighted by atomic mass is 9.54. The first-order chi connectivity index (χ1) is 9.02. The van der Waals surface area contributed by atoms with Crippen molar-refractivity contribution in [2.75, 3.05) is 0 Å². The van der Waals surface area contributed by atoms with Gasteiger partial charge in [-0.1, -0.05) is 0 Å². The molecule has 0 atom stereocenters. The lowest BCUT2D eigenvalue weighted by Gasteiger charge is -2.54. The highest BCUT2D eigenvalue weighted by molar-refractivity contribution is 5.98. The first-order valence-corrected chi connectivity index (χ1v) is 7.25. The smallest absolute Gasteiger partial charge is 0.328 e. The highest BCUT2D eigenvalue weighted by Crippen LogP contribution is 2.53. The summed E-state index contributed by atoms with van der Waals surface area (Å²) in [5.41, 5.74) is 0.293. The van der Waals surface area contributed by atoms with Gasteiger partial charge in [0, 0.05) is 17.7 Å². The number of hydrogen-bond acceptors (Lipinski definition) is 2. The highest BCUT2D eigenvalue weighted by Gasteiger charge is 2.48. The van der Waals surface area contributed by atoms with E-state index in [1.807, 2.05) is 0 Å². The number of amides is 1. The molecule has 0 unspecified atom stereocenters. The van der Waals surface area contributed by atoms with Crippen LogP contribution >= 0.6 is 0 Å². The molecule has 1 amide bonds. The summed E-state index contributed by atoms with van der Waals surface area (Å²) in [7, 11) is 0. The summed E-state index contributed by atoms with van der Waals surface area (Å²) in [6.45, 7) is 1.57. The normalized spacial score (nSPS) is 40.3. The van der Waals surface area contributed by atoms with E-state index >= 15 is 0 Å². The Morgan fingerprint density at radius 3 is 2.05 bits per heavy atom. The van der Waals surface area contributed by atoms with Crippen LogP contribution in [0.25, 0.3) is 0 Å². The largest absolute Gasteiger partial charge is 0.478 e. The van der Waals surface area contributed by atoms with Crippen molar-refractivity contribution in [1.82, 2.24) is 5.32 Å². The minimum absolute atomic E-state index is 0.208.